The van der Waals surface area contributed by atoms with Crippen molar-refractivity contribution in [2.24, 2.45) is 0 Å². The van der Waals surface area contributed by atoms with E-state index in [0.717, 1.165) is 6.42 Å². The third-order valence-corrected chi connectivity index (χ3v) is 5.62. The summed E-state index contributed by atoms with van der Waals surface area (Å²) in [5.74, 6) is 1.09. The van der Waals surface area contributed by atoms with E-state index in [1.807, 2.05) is 6.92 Å². The molecule has 1 saturated heterocycles. The fraction of sp³-hybridized carbons (Fsp3) is 0.316. The lowest BCUT2D eigenvalue weighted by atomic mass is 10.2. The Morgan fingerprint density at radius 3 is 2.48 bits per heavy atom. The summed E-state index contributed by atoms with van der Waals surface area (Å²) in [4.78, 5) is 13.7. The molecule has 0 aromatic heterocycles. The number of methoxy groups -OCH3 is 1. The van der Waals surface area contributed by atoms with Crippen LogP contribution in [0.3, 0.4) is 0 Å². The molecule has 0 saturated carbocycles. The molecule has 2 aromatic rings. The van der Waals surface area contributed by atoms with Crippen LogP contribution in [0, 0.1) is 0 Å². The lowest BCUT2D eigenvalue weighted by Crippen LogP contribution is -2.24. The van der Waals surface area contributed by atoms with Gasteiger partial charge in [-0.1, -0.05) is 0 Å². The number of nitrogens with one attached hydrogen (secondary N) is 1. The fourth-order valence-corrected chi connectivity index (χ4v) is 4.03. The summed E-state index contributed by atoms with van der Waals surface area (Å²) in [7, 11) is -2.33. The van der Waals surface area contributed by atoms with Gasteiger partial charge in [0.1, 0.15) is 11.5 Å². The number of ether oxygens (including phenoxy) is 2. The van der Waals surface area contributed by atoms with Gasteiger partial charge >= 0.3 is 0 Å². The van der Waals surface area contributed by atoms with E-state index in [-0.39, 0.29) is 10.8 Å². The quantitative estimate of drug-likeness (QED) is 0.786. The van der Waals surface area contributed by atoms with Crippen LogP contribution >= 0.6 is 0 Å². The van der Waals surface area contributed by atoms with E-state index in [2.05, 4.69) is 4.72 Å². The molecule has 0 bridgehead atoms. The van der Waals surface area contributed by atoms with Crippen LogP contribution in [0.2, 0.25) is 0 Å². The monoisotopic (exact) mass is 390 g/mol. The number of sulfonamides is 1. The standard InChI is InChI=1S/C19H22N2O5S/c1-3-26-15-8-6-14(7-9-15)20-27(23,24)16-10-11-18(25-2)17(13-16)21-12-4-5-19(21)22/h6-11,13,20H,3-5,12H2,1-2H3. The average Bonchev–Trinajstić information content (AvgIpc) is 3.08. The fourth-order valence-electron chi connectivity index (χ4n) is 2.95. The molecule has 1 aliphatic heterocycles. The van der Waals surface area contributed by atoms with E-state index in [9.17, 15) is 13.2 Å². The highest BCUT2D eigenvalue weighted by Gasteiger charge is 2.26. The smallest absolute Gasteiger partial charge is 0.261 e. The average molecular weight is 390 g/mol. The first-order chi connectivity index (χ1) is 12.9. The topological polar surface area (TPSA) is 84.9 Å². The second-order valence-electron chi connectivity index (χ2n) is 6.05. The largest absolute Gasteiger partial charge is 0.495 e. The molecule has 1 fully saturated rings. The molecule has 0 aliphatic carbocycles. The van der Waals surface area contributed by atoms with Crippen molar-refractivity contribution in [1.82, 2.24) is 0 Å². The van der Waals surface area contributed by atoms with Crippen LogP contribution < -0.4 is 19.1 Å². The minimum Gasteiger partial charge on any atom is -0.495 e. The summed E-state index contributed by atoms with van der Waals surface area (Å²) >= 11 is 0. The number of benzene rings is 2. The molecule has 8 heteroatoms. The second kappa shape index (κ2) is 7.87. The van der Waals surface area contributed by atoms with Gasteiger partial charge in [-0.3, -0.25) is 9.52 Å². The van der Waals surface area contributed by atoms with Crippen molar-refractivity contribution in [2.45, 2.75) is 24.7 Å². The van der Waals surface area contributed by atoms with Crippen LogP contribution in [0.5, 0.6) is 11.5 Å². The summed E-state index contributed by atoms with van der Waals surface area (Å²) in [6.07, 6.45) is 1.19. The molecule has 3 rings (SSSR count). The molecular weight excluding hydrogens is 368 g/mol. The van der Waals surface area contributed by atoms with Gasteiger partial charge in [0.05, 0.1) is 24.3 Å². The minimum absolute atomic E-state index is 0.0395. The highest BCUT2D eigenvalue weighted by Crippen LogP contribution is 2.34. The van der Waals surface area contributed by atoms with Gasteiger partial charge in [-0.15, -0.1) is 0 Å². The summed E-state index contributed by atoms with van der Waals surface area (Å²) in [5.41, 5.74) is 0.891. The molecule has 1 N–H and O–H groups in total. The van der Waals surface area contributed by atoms with Crippen molar-refractivity contribution in [3.8, 4) is 11.5 Å². The van der Waals surface area contributed by atoms with Crippen LogP contribution in [0.15, 0.2) is 47.4 Å². The molecule has 7 nitrogen and oxygen atoms in total. The van der Waals surface area contributed by atoms with Crippen LogP contribution in [-0.4, -0.2) is 34.6 Å². The Balaban J connectivity index is 1.88. The molecule has 1 heterocycles. The van der Waals surface area contributed by atoms with Crippen LogP contribution in [0.1, 0.15) is 19.8 Å². The highest BCUT2D eigenvalue weighted by atomic mass is 32.2. The number of rotatable bonds is 7. The Morgan fingerprint density at radius 2 is 1.89 bits per heavy atom. The molecule has 0 radical (unpaired) electrons. The molecule has 144 valence electrons. The van der Waals surface area contributed by atoms with Crippen molar-refractivity contribution >= 4 is 27.3 Å². The maximum Gasteiger partial charge on any atom is 0.261 e. The summed E-state index contributed by atoms with van der Waals surface area (Å²) in [5, 5.41) is 0. The number of anilines is 2. The zero-order chi connectivity index (χ0) is 19.4. The van der Waals surface area contributed by atoms with E-state index in [0.29, 0.717) is 42.4 Å². The zero-order valence-corrected chi connectivity index (χ0v) is 16.1. The van der Waals surface area contributed by atoms with Gasteiger partial charge in [0.2, 0.25) is 5.91 Å². The molecule has 27 heavy (non-hydrogen) atoms. The van der Waals surface area contributed by atoms with E-state index in [4.69, 9.17) is 9.47 Å². The Bertz CT molecular complexity index is 926. The first-order valence-corrected chi connectivity index (χ1v) is 10.2. The van der Waals surface area contributed by atoms with Gasteiger partial charge in [0.15, 0.2) is 0 Å². The van der Waals surface area contributed by atoms with Gasteiger partial charge in [-0.05, 0) is 55.8 Å². The molecule has 1 aliphatic rings. The maximum absolute atomic E-state index is 12.8. The number of amides is 1. The Kier molecular flexibility index (Phi) is 5.55. The number of carbonyl (C=O) groups excluding carboxylic acids is 1. The molecule has 1 amide bonds. The lowest BCUT2D eigenvalue weighted by molar-refractivity contribution is -0.117. The van der Waals surface area contributed by atoms with Gasteiger partial charge < -0.3 is 14.4 Å². The van der Waals surface area contributed by atoms with Gasteiger partial charge in [-0.25, -0.2) is 8.42 Å². The van der Waals surface area contributed by atoms with Gasteiger partial charge in [0, 0.05) is 18.7 Å². The first-order valence-electron chi connectivity index (χ1n) is 8.68. The number of hydrogen-bond donors (Lipinski definition) is 1. The minimum atomic E-state index is -3.82. The number of hydrogen-bond acceptors (Lipinski definition) is 5. The van der Waals surface area contributed by atoms with Crippen LogP contribution in [0.4, 0.5) is 11.4 Å². The van der Waals surface area contributed by atoms with E-state index < -0.39 is 10.0 Å². The Labute approximate surface area is 158 Å². The van der Waals surface area contributed by atoms with Gasteiger partial charge in [0.25, 0.3) is 10.0 Å². The summed E-state index contributed by atoms with van der Waals surface area (Å²) < 4.78 is 38.8. The van der Waals surface area contributed by atoms with Crippen LogP contribution in [0.25, 0.3) is 0 Å². The van der Waals surface area contributed by atoms with Crippen molar-refractivity contribution in [3.05, 3.63) is 42.5 Å². The van der Waals surface area contributed by atoms with Gasteiger partial charge in [-0.2, -0.15) is 0 Å². The summed E-state index contributed by atoms with van der Waals surface area (Å²) in [6.45, 7) is 2.96. The summed E-state index contributed by atoms with van der Waals surface area (Å²) in [6, 6.07) is 11.2. The Morgan fingerprint density at radius 1 is 1.15 bits per heavy atom. The van der Waals surface area contributed by atoms with E-state index >= 15 is 0 Å². The maximum atomic E-state index is 12.8. The third-order valence-electron chi connectivity index (χ3n) is 4.24. The SMILES string of the molecule is CCOc1ccc(NS(=O)(=O)c2ccc(OC)c(N3CCCC3=O)c2)cc1. The second-order valence-corrected chi connectivity index (χ2v) is 7.73. The highest BCUT2D eigenvalue weighted by molar-refractivity contribution is 7.92. The van der Waals surface area contributed by atoms with E-state index in [1.165, 1.54) is 19.2 Å². The van der Waals surface area contributed by atoms with Crippen molar-refractivity contribution in [3.63, 3.8) is 0 Å². The van der Waals surface area contributed by atoms with E-state index in [1.54, 1.807) is 35.2 Å². The molecular formula is C19H22N2O5S. The lowest BCUT2D eigenvalue weighted by Gasteiger charge is -2.20. The predicted octanol–water partition coefficient (Wildman–Crippen LogP) is 3.02. The molecule has 0 atom stereocenters. The molecule has 0 spiro atoms. The molecule has 2 aromatic carbocycles. The normalized spacial score (nSPS) is 14.3. The number of carbonyl (C=O) groups is 1. The van der Waals surface area contributed by atoms with Crippen molar-refractivity contribution in [2.75, 3.05) is 29.9 Å². The van der Waals surface area contributed by atoms with Crippen molar-refractivity contribution in [1.29, 1.82) is 0 Å². The van der Waals surface area contributed by atoms with Crippen LogP contribution in [-0.2, 0) is 14.8 Å². The Hall–Kier alpha value is -2.74. The van der Waals surface area contributed by atoms with Crippen molar-refractivity contribution < 1.29 is 22.7 Å². The predicted molar refractivity (Wildman–Crippen MR) is 103 cm³/mol. The zero-order valence-electron chi connectivity index (χ0n) is 15.3. The molecule has 0 unspecified atom stereocenters. The third kappa shape index (κ3) is 4.16. The first kappa shape index (κ1) is 19.0. The number of nitrogens with zero attached hydrogens (tertiary/aromatic N) is 1.